The maximum absolute atomic E-state index is 13.8. The normalized spacial score (nSPS) is 10.6. The summed E-state index contributed by atoms with van der Waals surface area (Å²) in [4.78, 5) is 11.0. The van der Waals surface area contributed by atoms with Gasteiger partial charge in [-0.25, -0.2) is 13.6 Å². The van der Waals surface area contributed by atoms with Gasteiger partial charge in [-0.05, 0) is 30.3 Å². The van der Waals surface area contributed by atoms with Crippen LogP contribution in [0.25, 0.3) is 22.5 Å². The first-order chi connectivity index (χ1) is 10.6. The molecule has 0 unspecified atom stereocenters. The lowest BCUT2D eigenvalue weighted by molar-refractivity contribution is 0.0697. The third kappa shape index (κ3) is 2.46. The molecular weight excluding hydrogens is 290 g/mol. The zero-order valence-corrected chi connectivity index (χ0v) is 11.2. The van der Waals surface area contributed by atoms with Crippen molar-refractivity contribution < 1.29 is 18.7 Å². The maximum Gasteiger partial charge on any atom is 0.335 e. The molecule has 0 aliphatic rings. The lowest BCUT2D eigenvalue weighted by atomic mass is 10.1. The summed E-state index contributed by atoms with van der Waals surface area (Å²) < 4.78 is 27.0. The molecule has 3 rings (SSSR count). The number of carboxylic acid groups (broad SMARTS) is 1. The maximum atomic E-state index is 13.8. The van der Waals surface area contributed by atoms with Gasteiger partial charge in [-0.2, -0.15) is 5.10 Å². The molecule has 0 saturated carbocycles. The number of benzene rings is 2. The van der Waals surface area contributed by atoms with Gasteiger partial charge in [0.15, 0.2) is 11.6 Å². The van der Waals surface area contributed by atoms with Crippen molar-refractivity contribution in [2.45, 2.75) is 0 Å². The van der Waals surface area contributed by atoms with Gasteiger partial charge in [-0.1, -0.05) is 18.2 Å². The van der Waals surface area contributed by atoms with E-state index >= 15 is 0 Å². The minimum atomic E-state index is -1.05. The molecule has 1 heterocycles. The van der Waals surface area contributed by atoms with Crippen molar-refractivity contribution in [2.75, 3.05) is 0 Å². The van der Waals surface area contributed by atoms with Crippen molar-refractivity contribution in [3.05, 3.63) is 65.7 Å². The summed E-state index contributed by atoms with van der Waals surface area (Å²) >= 11 is 0. The topological polar surface area (TPSA) is 66.0 Å². The van der Waals surface area contributed by atoms with E-state index in [0.717, 1.165) is 6.07 Å². The third-order valence-corrected chi connectivity index (χ3v) is 3.22. The van der Waals surface area contributed by atoms with Crippen LogP contribution in [-0.4, -0.2) is 21.3 Å². The average Bonchev–Trinajstić information content (AvgIpc) is 3.00. The van der Waals surface area contributed by atoms with E-state index in [-0.39, 0.29) is 11.1 Å². The quantitative estimate of drug-likeness (QED) is 0.774. The van der Waals surface area contributed by atoms with Crippen molar-refractivity contribution in [1.82, 2.24) is 10.2 Å². The van der Waals surface area contributed by atoms with Crippen molar-refractivity contribution in [3.63, 3.8) is 0 Å². The summed E-state index contributed by atoms with van der Waals surface area (Å²) in [5.41, 5.74) is 1.51. The van der Waals surface area contributed by atoms with Crippen LogP contribution in [0.3, 0.4) is 0 Å². The van der Waals surface area contributed by atoms with Crippen LogP contribution in [0, 0.1) is 11.6 Å². The number of carboxylic acids is 1. The molecule has 0 bridgehead atoms. The Kier molecular flexibility index (Phi) is 3.42. The monoisotopic (exact) mass is 300 g/mol. The molecule has 0 fully saturated rings. The minimum absolute atomic E-state index is 0.0631. The van der Waals surface area contributed by atoms with Crippen LogP contribution in [0.15, 0.2) is 48.5 Å². The van der Waals surface area contributed by atoms with E-state index in [0.29, 0.717) is 17.0 Å². The van der Waals surface area contributed by atoms with E-state index in [9.17, 15) is 13.6 Å². The van der Waals surface area contributed by atoms with Crippen LogP contribution in [0.4, 0.5) is 8.78 Å². The molecule has 2 N–H and O–H groups in total. The second kappa shape index (κ2) is 5.40. The SMILES string of the molecule is O=C(O)c1cccc(-c2cc(-c3cccc(F)c3F)[nH]n2)c1. The molecule has 0 aliphatic heterocycles. The average molecular weight is 300 g/mol. The van der Waals surface area contributed by atoms with Gasteiger partial charge in [0.25, 0.3) is 0 Å². The van der Waals surface area contributed by atoms with Gasteiger partial charge in [-0.15, -0.1) is 0 Å². The number of nitrogens with one attached hydrogen (secondary N) is 1. The zero-order chi connectivity index (χ0) is 15.7. The van der Waals surface area contributed by atoms with Gasteiger partial charge < -0.3 is 5.11 Å². The fourth-order valence-electron chi connectivity index (χ4n) is 2.13. The number of aromatic carboxylic acids is 1. The van der Waals surface area contributed by atoms with Gasteiger partial charge in [0, 0.05) is 11.1 Å². The first-order valence-electron chi connectivity index (χ1n) is 6.40. The van der Waals surface area contributed by atoms with Crippen molar-refractivity contribution in [3.8, 4) is 22.5 Å². The van der Waals surface area contributed by atoms with Gasteiger partial charge in [0.2, 0.25) is 0 Å². The first-order valence-corrected chi connectivity index (χ1v) is 6.40. The number of aromatic amines is 1. The van der Waals surface area contributed by atoms with Gasteiger partial charge in [0.05, 0.1) is 17.0 Å². The fraction of sp³-hybridized carbons (Fsp3) is 0. The summed E-state index contributed by atoms with van der Waals surface area (Å²) in [7, 11) is 0. The van der Waals surface area contributed by atoms with Gasteiger partial charge >= 0.3 is 5.97 Å². The Morgan fingerprint density at radius 3 is 2.64 bits per heavy atom. The highest BCUT2D eigenvalue weighted by Gasteiger charge is 2.13. The molecule has 0 saturated heterocycles. The highest BCUT2D eigenvalue weighted by atomic mass is 19.2. The van der Waals surface area contributed by atoms with Gasteiger partial charge in [-0.3, -0.25) is 5.10 Å². The summed E-state index contributed by atoms with van der Waals surface area (Å²) in [5.74, 6) is -2.95. The summed E-state index contributed by atoms with van der Waals surface area (Å²) in [6, 6.07) is 11.6. The summed E-state index contributed by atoms with van der Waals surface area (Å²) in [6.07, 6.45) is 0. The van der Waals surface area contributed by atoms with Crippen molar-refractivity contribution >= 4 is 5.97 Å². The zero-order valence-electron chi connectivity index (χ0n) is 11.2. The number of aromatic nitrogens is 2. The number of H-pyrrole nitrogens is 1. The minimum Gasteiger partial charge on any atom is -0.478 e. The molecular formula is C16H10F2N2O2. The van der Waals surface area contributed by atoms with Crippen LogP contribution in [0.5, 0.6) is 0 Å². The Balaban J connectivity index is 2.02. The predicted molar refractivity (Wildman–Crippen MR) is 76.3 cm³/mol. The summed E-state index contributed by atoms with van der Waals surface area (Å²) in [6.45, 7) is 0. The van der Waals surface area contributed by atoms with E-state index in [2.05, 4.69) is 10.2 Å². The number of nitrogens with zero attached hydrogens (tertiary/aromatic N) is 1. The standard InChI is InChI=1S/C16H10F2N2O2/c17-12-6-2-5-11(15(12)18)14-8-13(19-20-14)9-3-1-4-10(7-9)16(21)22/h1-8H,(H,19,20)(H,21,22). The smallest absolute Gasteiger partial charge is 0.335 e. The van der Waals surface area contributed by atoms with E-state index in [1.54, 1.807) is 18.2 Å². The molecule has 0 aliphatic carbocycles. The molecule has 4 nitrogen and oxygen atoms in total. The number of carbonyl (C=O) groups is 1. The van der Waals surface area contributed by atoms with Crippen LogP contribution >= 0.6 is 0 Å². The Bertz CT molecular complexity index is 859. The molecule has 22 heavy (non-hydrogen) atoms. The Morgan fingerprint density at radius 1 is 1.09 bits per heavy atom. The Labute approximate surface area is 124 Å². The second-order valence-electron chi connectivity index (χ2n) is 4.65. The Hall–Kier alpha value is -3.02. The largest absolute Gasteiger partial charge is 0.478 e. The van der Waals surface area contributed by atoms with Crippen molar-refractivity contribution in [2.24, 2.45) is 0 Å². The lowest BCUT2D eigenvalue weighted by Gasteiger charge is -2.00. The molecule has 2 aromatic carbocycles. The lowest BCUT2D eigenvalue weighted by Crippen LogP contribution is -1.95. The third-order valence-electron chi connectivity index (χ3n) is 3.22. The molecule has 1 aromatic heterocycles. The van der Waals surface area contributed by atoms with Crippen LogP contribution < -0.4 is 0 Å². The molecule has 3 aromatic rings. The summed E-state index contributed by atoms with van der Waals surface area (Å²) in [5, 5.41) is 15.6. The molecule has 0 radical (unpaired) electrons. The van der Waals surface area contributed by atoms with Crippen LogP contribution in [0.2, 0.25) is 0 Å². The van der Waals surface area contributed by atoms with E-state index in [1.807, 2.05) is 0 Å². The predicted octanol–water partition coefficient (Wildman–Crippen LogP) is 3.72. The highest BCUT2D eigenvalue weighted by Crippen LogP contribution is 2.27. The first kappa shape index (κ1) is 13.9. The molecule has 0 spiro atoms. The van der Waals surface area contributed by atoms with Crippen LogP contribution in [-0.2, 0) is 0 Å². The van der Waals surface area contributed by atoms with Crippen molar-refractivity contribution in [1.29, 1.82) is 0 Å². The number of hydrogen-bond donors (Lipinski definition) is 2. The Morgan fingerprint density at radius 2 is 1.86 bits per heavy atom. The molecule has 6 heteroatoms. The van der Waals surface area contributed by atoms with Crippen LogP contribution in [0.1, 0.15) is 10.4 Å². The van der Waals surface area contributed by atoms with E-state index < -0.39 is 17.6 Å². The molecule has 110 valence electrons. The number of halogens is 2. The van der Waals surface area contributed by atoms with E-state index in [4.69, 9.17) is 5.11 Å². The second-order valence-corrected chi connectivity index (χ2v) is 4.65. The van der Waals surface area contributed by atoms with Gasteiger partial charge in [0.1, 0.15) is 0 Å². The number of hydrogen-bond acceptors (Lipinski definition) is 2. The molecule has 0 amide bonds. The fourth-order valence-corrected chi connectivity index (χ4v) is 2.13. The number of rotatable bonds is 3. The molecule has 0 atom stereocenters. The van der Waals surface area contributed by atoms with E-state index in [1.165, 1.54) is 24.3 Å². The highest BCUT2D eigenvalue weighted by molar-refractivity contribution is 5.89.